The molecule has 8 heteroatoms. The van der Waals surface area contributed by atoms with Gasteiger partial charge in [-0.1, -0.05) is 60.7 Å². The Morgan fingerprint density at radius 2 is 1.38 bits per heavy atom. The second kappa shape index (κ2) is 10.2. The molecule has 3 aromatic carbocycles. The van der Waals surface area contributed by atoms with E-state index >= 15 is 0 Å². The third-order valence-corrected chi connectivity index (χ3v) is 6.21. The fraction of sp³-hybridized carbons (Fsp3) is 0.323. The molecule has 204 valence electrons. The molecule has 39 heavy (non-hydrogen) atoms. The molecule has 2 unspecified atom stereocenters. The van der Waals surface area contributed by atoms with Gasteiger partial charge in [-0.15, -0.1) is 0 Å². The number of rotatable bonds is 4. The summed E-state index contributed by atoms with van der Waals surface area (Å²) in [6.45, 7) is 10.3. The minimum absolute atomic E-state index is 0.332. The number of carbonyl (C=O) groups excluding carboxylic acids is 3. The van der Waals surface area contributed by atoms with Gasteiger partial charge in [-0.3, -0.25) is 4.79 Å². The predicted molar refractivity (Wildman–Crippen MR) is 146 cm³/mol. The lowest BCUT2D eigenvalue weighted by molar-refractivity contribution is -0.122. The van der Waals surface area contributed by atoms with Gasteiger partial charge in [-0.25, -0.2) is 18.9 Å². The van der Waals surface area contributed by atoms with Gasteiger partial charge in [0.05, 0.1) is 11.7 Å². The van der Waals surface area contributed by atoms with Crippen LogP contribution in [-0.2, 0) is 19.7 Å². The van der Waals surface area contributed by atoms with Crippen molar-refractivity contribution in [2.75, 3.05) is 4.90 Å². The quantitative estimate of drug-likeness (QED) is 0.406. The standard InChI is InChI=1S/C31H33FN2O5/c1-29(2,3)38-27(36)33-25(20-16-18-22(32)19-17-20)31(21-12-8-7-9-13-21)23-14-10-11-15-24(23)34(26(31)35)28(37)39-30(4,5)6/h7-19,25H,1-6H3,(H,33,36). The summed E-state index contributed by atoms with van der Waals surface area (Å²) in [5.41, 5.74) is -1.52. The van der Waals surface area contributed by atoms with Crippen molar-refractivity contribution in [2.24, 2.45) is 0 Å². The van der Waals surface area contributed by atoms with E-state index in [1.54, 1.807) is 90.1 Å². The molecule has 0 saturated heterocycles. The number of benzene rings is 3. The third-order valence-electron chi connectivity index (χ3n) is 6.21. The number of nitrogens with one attached hydrogen (secondary N) is 1. The maximum atomic E-state index is 14.7. The molecule has 0 fully saturated rings. The molecule has 7 nitrogen and oxygen atoms in total. The second-order valence-corrected chi connectivity index (χ2v) is 11.4. The summed E-state index contributed by atoms with van der Waals surface area (Å²) in [4.78, 5) is 42.5. The minimum atomic E-state index is -1.62. The first-order valence-electron chi connectivity index (χ1n) is 12.7. The molecule has 1 aliphatic rings. The van der Waals surface area contributed by atoms with Crippen molar-refractivity contribution in [1.82, 2.24) is 5.32 Å². The first kappa shape index (κ1) is 27.8. The Labute approximate surface area is 227 Å². The Kier molecular flexibility index (Phi) is 7.25. The normalized spacial score (nSPS) is 17.8. The molecule has 0 saturated carbocycles. The van der Waals surface area contributed by atoms with Crippen LogP contribution in [0.2, 0.25) is 0 Å². The van der Waals surface area contributed by atoms with Crippen molar-refractivity contribution in [3.05, 3.63) is 101 Å². The lowest BCUT2D eigenvalue weighted by Gasteiger charge is -2.38. The number of imide groups is 1. The highest BCUT2D eigenvalue weighted by Gasteiger charge is 2.60. The molecule has 1 aliphatic heterocycles. The SMILES string of the molecule is CC(C)(C)OC(=O)NC(c1ccc(F)cc1)C1(c2ccccc2)C(=O)N(C(=O)OC(C)(C)C)c2ccccc21. The average molecular weight is 533 g/mol. The summed E-state index contributed by atoms with van der Waals surface area (Å²) in [5, 5.41) is 2.89. The van der Waals surface area contributed by atoms with Gasteiger partial charge in [0.25, 0.3) is 5.91 Å². The van der Waals surface area contributed by atoms with Crippen LogP contribution in [0.25, 0.3) is 0 Å². The summed E-state index contributed by atoms with van der Waals surface area (Å²) < 4.78 is 25.2. The Hall–Kier alpha value is -4.20. The molecular formula is C31H33FN2O5. The summed E-state index contributed by atoms with van der Waals surface area (Å²) in [6.07, 6.45) is -1.61. The van der Waals surface area contributed by atoms with E-state index in [2.05, 4.69) is 5.32 Å². The predicted octanol–water partition coefficient (Wildman–Crippen LogP) is 6.66. The number of alkyl carbamates (subject to hydrolysis) is 1. The summed E-state index contributed by atoms with van der Waals surface area (Å²) in [7, 11) is 0. The van der Waals surface area contributed by atoms with E-state index in [0.29, 0.717) is 22.4 Å². The van der Waals surface area contributed by atoms with Crippen molar-refractivity contribution >= 4 is 23.8 Å². The minimum Gasteiger partial charge on any atom is -0.444 e. The van der Waals surface area contributed by atoms with Crippen molar-refractivity contribution < 1.29 is 28.2 Å². The molecule has 4 rings (SSSR count). The first-order chi connectivity index (χ1) is 18.2. The zero-order chi connectivity index (χ0) is 28.6. The number of para-hydroxylation sites is 1. The van der Waals surface area contributed by atoms with Crippen molar-refractivity contribution in [3.8, 4) is 0 Å². The van der Waals surface area contributed by atoms with Crippen LogP contribution < -0.4 is 10.2 Å². The maximum Gasteiger partial charge on any atom is 0.421 e. The van der Waals surface area contributed by atoms with Crippen LogP contribution in [0.4, 0.5) is 19.7 Å². The lowest BCUT2D eigenvalue weighted by atomic mass is 9.67. The number of halogens is 1. The summed E-state index contributed by atoms with van der Waals surface area (Å²) in [6, 6.07) is 20.2. The Balaban J connectivity index is 2.01. The Morgan fingerprint density at radius 3 is 1.97 bits per heavy atom. The molecule has 0 radical (unpaired) electrons. The van der Waals surface area contributed by atoms with Crippen LogP contribution in [0, 0.1) is 5.82 Å². The van der Waals surface area contributed by atoms with Gasteiger partial charge >= 0.3 is 12.2 Å². The van der Waals surface area contributed by atoms with E-state index in [0.717, 1.165) is 4.90 Å². The van der Waals surface area contributed by atoms with E-state index in [9.17, 15) is 18.8 Å². The van der Waals surface area contributed by atoms with Gasteiger partial charge in [-0.05, 0) is 76.4 Å². The van der Waals surface area contributed by atoms with Gasteiger partial charge in [0.2, 0.25) is 0 Å². The van der Waals surface area contributed by atoms with E-state index in [4.69, 9.17) is 9.47 Å². The van der Waals surface area contributed by atoms with Crippen LogP contribution in [-0.4, -0.2) is 29.3 Å². The fourth-order valence-corrected chi connectivity index (χ4v) is 4.84. The van der Waals surface area contributed by atoms with Crippen LogP contribution in [0.5, 0.6) is 0 Å². The average Bonchev–Trinajstić information content (AvgIpc) is 3.10. The van der Waals surface area contributed by atoms with Crippen LogP contribution in [0.1, 0.15) is 64.3 Å². The van der Waals surface area contributed by atoms with Crippen molar-refractivity contribution in [3.63, 3.8) is 0 Å². The van der Waals surface area contributed by atoms with Crippen molar-refractivity contribution in [2.45, 2.75) is 64.2 Å². The van der Waals surface area contributed by atoms with Crippen LogP contribution >= 0.6 is 0 Å². The van der Waals surface area contributed by atoms with Gasteiger partial charge in [0, 0.05) is 0 Å². The monoisotopic (exact) mass is 532 g/mol. The number of anilines is 1. The Morgan fingerprint density at radius 1 is 0.821 bits per heavy atom. The molecule has 3 aromatic rings. The third kappa shape index (κ3) is 5.50. The maximum absolute atomic E-state index is 14.7. The highest BCUT2D eigenvalue weighted by molar-refractivity contribution is 6.23. The number of amides is 3. The second-order valence-electron chi connectivity index (χ2n) is 11.4. The molecule has 0 aromatic heterocycles. The van der Waals surface area contributed by atoms with Gasteiger partial charge < -0.3 is 14.8 Å². The van der Waals surface area contributed by atoms with E-state index in [1.165, 1.54) is 24.3 Å². The lowest BCUT2D eigenvalue weighted by Crippen LogP contribution is -2.53. The number of ether oxygens (including phenoxy) is 2. The fourth-order valence-electron chi connectivity index (χ4n) is 4.84. The zero-order valence-electron chi connectivity index (χ0n) is 22.9. The van der Waals surface area contributed by atoms with Gasteiger partial charge in [0.1, 0.15) is 22.4 Å². The van der Waals surface area contributed by atoms with E-state index < -0.39 is 46.6 Å². The molecule has 3 amide bonds. The topological polar surface area (TPSA) is 84.9 Å². The summed E-state index contributed by atoms with van der Waals surface area (Å²) in [5.74, 6) is -1.09. The first-order valence-corrected chi connectivity index (χ1v) is 12.7. The smallest absolute Gasteiger partial charge is 0.421 e. The number of hydrogen-bond acceptors (Lipinski definition) is 5. The molecule has 0 aliphatic carbocycles. The van der Waals surface area contributed by atoms with Crippen LogP contribution in [0.3, 0.4) is 0 Å². The highest BCUT2D eigenvalue weighted by atomic mass is 19.1. The molecule has 0 spiro atoms. The van der Waals surface area contributed by atoms with Gasteiger partial charge in [-0.2, -0.15) is 0 Å². The molecule has 2 atom stereocenters. The molecular weight excluding hydrogens is 499 g/mol. The van der Waals surface area contributed by atoms with E-state index in [-0.39, 0.29) is 0 Å². The molecule has 1 heterocycles. The molecule has 0 bridgehead atoms. The van der Waals surface area contributed by atoms with Gasteiger partial charge in [0.15, 0.2) is 0 Å². The number of hydrogen-bond donors (Lipinski definition) is 1. The largest absolute Gasteiger partial charge is 0.444 e. The van der Waals surface area contributed by atoms with Crippen LogP contribution in [0.15, 0.2) is 78.9 Å². The van der Waals surface area contributed by atoms with Crippen molar-refractivity contribution in [1.29, 1.82) is 0 Å². The number of fused-ring (bicyclic) bond motifs is 1. The summed E-state index contributed by atoms with van der Waals surface area (Å²) >= 11 is 0. The number of nitrogens with zero attached hydrogens (tertiary/aromatic N) is 1. The zero-order valence-corrected chi connectivity index (χ0v) is 22.9. The highest BCUT2D eigenvalue weighted by Crippen LogP contribution is 2.53. The van der Waals surface area contributed by atoms with E-state index in [1.807, 2.05) is 6.07 Å². The Bertz CT molecular complexity index is 1380. The molecule has 1 N–H and O–H groups in total. The number of carbonyl (C=O) groups is 3.